The van der Waals surface area contributed by atoms with Gasteiger partial charge in [0.2, 0.25) is 11.6 Å². The Morgan fingerprint density at radius 2 is 1.79 bits per heavy atom. The van der Waals surface area contributed by atoms with Crippen molar-refractivity contribution < 1.29 is 0 Å². The summed E-state index contributed by atoms with van der Waals surface area (Å²) in [6.45, 7) is 9.97. The van der Waals surface area contributed by atoms with Crippen LogP contribution in [0.2, 0.25) is 0 Å². The molecule has 8 nitrogen and oxygen atoms in total. The topological polar surface area (TPSA) is 84.5 Å². The highest BCUT2D eigenvalue weighted by Gasteiger charge is 2.27. The van der Waals surface area contributed by atoms with Gasteiger partial charge in [-0.1, -0.05) is 6.07 Å². The molecule has 1 aliphatic rings. The van der Waals surface area contributed by atoms with Crippen LogP contribution < -0.4 is 4.90 Å². The van der Waals surface area contributed by atoms with Crippen LogP contribution in [0.5, 0.6) is 0 Å². The van der Waals surface area contributed by atoms with Gasteiger partial charge in [0, 0.05) is 19.3 Å². The minimum absolute atomic E-state index is 0.604. The second-order valence-corrected chi connectivity index (χ2v) is 6.47. The van der Waals surface area contributed by atoms with Crippen molar-refractivity contribution in [3.05, 3.63) is 48.0 Å². The Morgan fingerprint density at radius 1 is 1.00 bits per heavy atom. The van der Waals surface area contributed by atoms with Gasteiger partial charge in [-0.25, -0.2) is 9.98 Å². The Hall–Kier alpha value is -3.42. The van der Waals surface area contributed by atoms with Gasteiger partial charge in [0.15, 0.2) is 0 Å². The Labute approximate surface area is 163 Å². The molecular formula is C20H22N8. The van der Waals surface area contributed by atoms with Gasteiger partial charge in [0.05, 0.1) is 17.1 Å². The molecule has 0 aromatic carbocycles. The zero-order valence-electron chi connectivity index (χ0n) is 16.5. The third-order valence-electron chi connectivity index (χ3n) is 4.70. The van der Waals surface area contributed by atoms with Crippen molar-refractivity contribution in [1.29, 1.82) is 0 Å². The van der Waals surface area contributed by atoms with E-state index in [0.29, 0.717) is 17.4 Å². The molecule has 0 bridgehead atoms. The fourth-order valence-electron chi connectivity index (χ4n) is 3.17. The largest absolute Gasteiger partial charge is 0.357 e. The fraction of sp³-hybridized carbons (Fsp3) is 0.300. The normalized spacial score (nSPS) is 14.3. The summed E-state index contributed by atoms with van der Waals surface area (Å²) >= 11 is 0. The summed E-state index contributed by atoms with van der Waals surface area (Å²) in [6, 6.07) is 9.66. The predicted molar refractivity (Wildman–Crippen MR) is 110 cm³/mol. The maximum absolute atomic E-state index is 4.80. The Bertz CT molecular complexity index is 1060. The number of aromatic nitrogens is 5. The molecule has 0 spiro atoms. The molecule has 0 N–H and O–H groups in total. The highest BCUT2D eigenvalue weighted by Crippen LogP contribution is 2.25. The van der Waals surface area contributed by atoms with Crippen LogP contribution in [-0.2, 0) is 0 Å². The van der Waals surface area contributed by atoms with Crippen LogP contribution in [0, 0.1) is 6.92 Å². The third-order valence-corrected chi connectivity index (χ3v) is 4.70. The van der Waals surface area contributed by atoms with E-state index in [0.717, 1.165) is 41.7 Å². The molecule has 0 fully saturated rings. The van der Waals surface area contributed by atoms with E-state index in [1.54, 1.807) is 10.9 Å². The molecular weight excluding hydrogens is 352 g/mol. The molecule has 0 saturated heterocycles. The number of pyridine rings is 2. The zero-order valence-corrected chi connectivity index (χ0v) is 16.5. The van der Waals surface area contributed by atoms with E-state index in [9.17, 15) is 0 Å². The van der Waals surface area contributed by atoms with Crippen molar-refractivity contribution >= 4 is 22.9 Å². The Morgan fingerprint density at radius 3 is 2.46 bits per heavy atom. The van der Waals surface area contributed by atoms with Crippen LogP contribution in [0.15, 0.2) is 46.6 Å². The van der Waals surface area contributed by atoms with E-state index in [2.05, 4.69) is 39.0 Å². The molecule has 0 amide bonds. The van der Waals surface area contributed by atoms with Crippen LogP contribution in [0.4, 0.5) is 11.5 Å². The summed E-state index contributed by atoms with van der Waals surface area (Å²) in [5, 5.41) is 13.1. The van der Waals surface area contributed by atoms with Gasteiger partial charge in [-0.15, -0.1) is 10.2 Å². The molecule has 0 aliphatic carbocycles. The number of aryl methyl sites for hydroxylation is 1. The maximum Gasteiger partial charge on any atom is 0.205 e. The SMILES string of the molecule is CCN(CC)c1ccc(N=C2C(C)=Nn3c2nnc3-c2ccccn2)c(C)n1. The van der Waals surface area contributed by atoms with Gasteiger partial charge in [0.1, 0.15) is 17.2 Å². The first-order valence-electron chi connectivity index (χ1n) is 9.36. The molecule has 1 aliphatic heterocycles. The van der Waals surface area contributed by atoms with E-state index < -0.39 is 0 Å². The first-order valence-corrected chi connectivity index (χ1v) is 9.36. The fourth-order valence-corrected chi connectivity index (χ4v) is 3.17. The quantitative estimate of drug-likeness (QED) is 0.684. The Balaban J connectivity index is 1.72. The average molecular weight is 374 g/mol. The van der Waals surface area contributed by atoms with Gasteiger partial charge in [-0.05, 0) is 52.0 Å². The average Bonchev–Trinajstić information content (AvgIpc) is 3.24. The van der Waals surface area contributed by atoms with E-state index >= 15 is 0 Å². The van der Waals surface area contributed by atoms with Crippen molar-refractivity contribution in [2.24, 2.45) is 10.1 Å². The third kappa shape index (κ3) is 3.06. The van der Waals surface area contributed by atoms with Crippen LogP contribution in [-0.4, -0.2) is 49.4 Å². The van der Waals surface area contributed by atoms with Crippen molar-refractivity contribution in [3.63, 3.8) is 0 Å². The lowest BCUT2D eigenvalue weighted by molar-refractivity contribution is 0.842. The molecule has 3 aromatic rings. The lowest BCUT2D eigenvalue weighted by atomic mass is 10.2. The molecule has 3 aromatic heterocycles. The molecule has 8 heteroatoms. The van der Waals surface area contributed by atoms with E-state index in [1.165, 1.54) is 0 Å². The monoisotopic (exact) mass is 374 g/mol. The maximum atomic E-state index is 4.80. The molecule has 0 atom stereocenters. The number of rotatable bonds is 5. The number of hydrogen-bond acceptors (Lipinski definition) is 7. The van der Waals surface area contributed by atoms with Gasteiger partial charge in [-0.2, -0.15) is 9.78 Å². The standard InChI is InChI=1S/C20H22N8/c1-5-27(6-2)17-11-10-15(13(3)22-17)23-18-14(4)26-28-19(24-25-20(18)28)16-9-7-8-12-21-16/h7-12H,5-6H2,1-4H3. The minimum atomic E-state index is 0.604. The molecule has 142 valence electrons. The van der Waals surface area contributed by atoms with Crippen LogP contribution in [0.25, 0.3) is 11.5 Å². The summed E-state index contributed by atoms with van der Waals surface area (Å²) < 4.78 is 1.70. The summed E-state index contributed by atoms with van der Waals surface area (Å²) in [7, 11) is 0. The van der Waals surface area contributed by atoms with Crippen molar-refractivity contribution in [1.82, 2.24) is 24.8 Å². The highest BCUT2D eigenvalue weighted by atomic mass is 15.5. The van der Waals surface area contributed by atoms with Crippen molar-refractivity contribution in [2.45, 2.75) is 27.7 Å². The van der Waals surface area contributed by atoms with Gasteiger partial charge in [-0.3, -0.25) is 4.98 Å². The van der Waals surface area contributed by atoms with Crippen LogP contribution in [0.1, 0.15) is 32.3 Å². The number of nitrogens with zero attached hydrogens (tertiary/aromatic N) is 8. The minimum Gasteiger partial charge on any atom is -0.357 e. The smallest absolute Gasteiger partial charge is 0.205 e. The van der Waals surface area contributed by atoms with E-state index in [4.69, 9.17) is 9.98 Å². The molecule has 4 rings (SSSR count). The lowest BCUT2D eigenvalue weighted by Gasteiger charge is -2.20. The summed E-state index contributed by atoms with van der Waals surface area (Å²) in [5.41, 5.74) is 3.88. The number of hydrogen-bond donors (Lipinski definition) is 0. The number of aliphatic imine (C=N–C) groups is 1. The summed E-state index contributed by atoms with van der Waals surface area (Å²) in [5.74, 6) is 2.18. The van der Waals surface area contributed by atoms with E-state index in [-0.39, 0.29) is 0 Å². The zero-order chi connectivity index (χ0) is 19.7. The first kappa shape index (κ1) is 18.0. The molecule has 0 unspecified atom stereocenters. The van der Waals surface area contributed by atoms with E-state index in [1.807, 2.05) is 44.2 Å². The van der Waals surface area contributed by atoms with Crippen LogP contribution >= 0.6 is 0 Å². The second kappa shape index (κ2) is 7.30. The predicted octanol–water partition coefficient (Wildman–Crippen LogP) is 3.25. The Kier molecular flexibility index (Phi) is 4.68. The number of anilines is 1. The van der Waals surface area contributed by atoms with Gasteiger partial charge < -0.3 is 4.90 Å². The molecule has 4 heterocycles. The summed E-state index contributed by atoms with van der Waals surface area (Å²) in [4.78, 5) is 16.1. The van der Waals surface area contributed by atoms with Crippen molar-refractivity contribution in [3.8, 4) is 11.5 Å². The number of fused-ring (bicyclic) bond motifs is 1. The molecule has 0 radical (unpaired) electrons. The van der Waals surface area contributed by atoms with Crippen LogP contribution in [0.3, 0.4) is 0 Å². The molecule has 0 saturated carbocycles. The second-order valence-electron chi connectivity index (χ2n) is 6.47. The molecule has 28 heavy (non-hydrogen) atoms. The highest BCUT2D eigenvalue weighted by molar-refractivity contribution is 6.48. The summed E-state index contributed by atoms with van der Waals surface area (Å²) in [6.07, 6.45) is 1.73. The van der Waals surface area contributed by atoms with Gasteiger partial charge >= 0.3 is 0 Å². The van der Waals surface area contributed by atoms with Gasteiger partial charge in [0.25, 0.3) is 0 Å². The lowest BCUT2D eigenvalue weighted by Crippen LogP contribution is -2.23. The van der Waals surface area contributed by atoms with Crippen molar-refractivity contribution in [2.75, 3.05) is 18.0 Å². The first-order chi connectivity index (χ1) is 13.6.